The summed E-state index contributed by atoms with van der Waals surface area (Å²) in [6.45, 7) is 8.72. The Morgan fingerprint density at radius 3 is 2.25 bits per heavy atom. The van der Waals surface area contributed by atoms with Gasteiger partial charge in [0.2, 0.25) is 0 Å². The third kappa shape index (κ3) is 2.21. The molecule has 20 heavy (non-hydrogen) atoms. The van der Waals surface area contributed by atoms with Crippen LogP contribution in [0.25, 0.3) is 11.3 Å². The predicted molar refractivity (Wildman–Crippen MR) is 83.8 cm³/mol. The fourth-order valence-electron chi connectivity index (χ4n) is 2.70. The topological polar surface area (TPSA) is 43.8 Å². The maximum atomic E-state index is 6.30. The van der Waals surface area contributed by atoms with E-state index in [0.29, 0.717) is 6.04 Å². The molecule has 0 amide bonds. The average Bonchev–Trinajstić information content (AvgIpc) is 3.15. The molecule has 1 saturated carbocycles. The van der Waals surface area contributed by atoms with Gasteiger partial charge in [-0.1, -0.05) is 45.0 Å². The molecular formula is C17H23N3. The van der Waals surface area contributed by atoms with Crippen LogP contribution in [-0.4, -0.2) is 9.55 Å². The van der Waals surface area contributed by atoms with Gasteiger partial charge in [-0.2, -0.15) is 0 Å². The molecule has 0 radical (unpaired) electrons. The van der Waals surface area contributed by atoms with Gasteiger partial charge in [0.25, 0.3) is 0 Å². The minimum atomic E-state index is 0.174. The van der Waals surface area contributed by atoms with Crippen molar-refractivity contribution in [3.63, 3.8) is 0 Å². The van der Waals surface area contributed by atoms with E-state index in [1.807, 2.05) is 6.92 Å². The third-order valence-corrected chi connectivity index (χ3v) is 4.06. The SMILES string of the molecule is Cc1nc(-c2ccc(C(C)(C)C)cc2)c(N)n1C1CC1. The maximum absolute atomic E-state index is 6.30. The Morgan fingerprint density at radius 1 is 1.15 bits per heavy atom. The van der Waals surface area contributed by atoms with Gasteiger partial charge in [0, 0.05) is 11.6 Å². The fraction of sp³-hybridized carbons (Fsp3) is 0.471. The zero-order valence-corrected chi connectivity index (χ0v) is 12.8. The Bertz CT molecular complexity index is 625. The minimum Gasteiger partial charge on any atom is -0.383 e. The first-order chi connectivity index (χ1) is 9.38. The Hall–Kier alpha value is -1.77. The van der Waals surface area contributed by atoms with Crippen molar-refractivity contribution >= 4 is 5.82 Å². The fourth-order valence-corrected chi connectivity index (χ4v) is 2.70. The van der Waals surface area contributed by atoms with Crippen molar-refractivity contribution in [2.24, 2.45) is 0 Å². The first-order valence-electron chi connectivity index (χ1n) is 7.33. The van der Waals surface area contributed by atoms with Gasteiger partial charge >= 0.3 is 0 Å². The van der Waals surface area contributed by atoms with Crippen LogP contribution in [0.2, 0.25) is 0 Å². The van der Waals surface area contributed by atoms with E-state index in [1.54, 1.807) is 0 Å². The van der Waals surface area contributed by atoms with E-state index < -0.39 is 0 Å². The minimum absolute atomic E-state index is 0.174. The van der Waals surface area contributed by atoms with Crippen LogP contribution in [0, 0.1) is 6.92 Å². The van der Waals surface area contributed by atoms with Gasteiger partial charge in [0.15, 0.2) is 0 Å². The standard InChI is InChI=1S/C17H23N3/c1-11-19-15(16(18)20(11)14-9-10-14)12-5-7-13(8-6-12)17(2,3)4/h5-8,14H,9-10,18H2,1-4H3. The number of hydrogen-bond acceptors (Lipinski definition) is 2. The van der Waals surface area contributed by atoms with Gasteiger partial charge in [-0.15, -0.1) is 0 Å². The van der Waals surface area contributed by atoms with Crippen LogP contribution in [0.15, 0.2) is 24.3 Å². The molecule has 3 nitrogen and oxygen atoms in total. The monoisotopic (exact) mass is 269 g/mol. The molecule has 0 spiro atoms. The molecule has 2 aromatic rings. The van der Waals surface area contributed by atoms with Crippen LogP contribution in [0.1, 0.15) is 51.0 Å². The molecule has 1 aliphatic carbocycles. The van der Waals surface area contributed by atoms with E-state index in [1.165, 1.54) is 18.4 Å². The van der Waals surface area contributed by atoms with Gasteiger partial charge in [0.05, 0.1) is 0 Å². The quantitative estimate of drug-likeness (QED) is 0.893. The highest BCUT2D eigenvalue weighted by Gasteiger charge is 2.28. The van der Waals surface area contributed by atoms with Crippen molar-refractivity contribution < 1.29 is 0 Å². The average molecular weight is 269 g/mol. The summed E-state index contributed by atoms with van der Waals surface area (Å²) in [5, 5.41) is 0. The summed E-state index contributed by atoms with van der Waals surface area (Å²) in [5.41, 5.74) is 9.84. The lowest BCUT2D eigenvalue weighted by Crippen LogP contribution is -2.10. The maximum Gasteiger partial charge on any atom is 0.131 e. The third-order valence-electron chi connectivity index (χ3n) is 4.06. The van der Waals surface area contributed by atoms with Crippen molar-refractivity contribution in [1.29, 1.82) is 0 Å². The highest BCUT2D eigenvalue weighted by molar-refractivity contribution is 5.71. The summed E-state index contributed by atoms with van der Waals surface area (Å²) in [7, 11) is 0. The van der Waals surface area contributed by atoms with Crippen LogP contribution >= 0.6 is 0 Å². The van der Waals surface area contributed by atoms with Crippen LogP contribution in [0.4, 0.5) is 5.82 Å². The summed E-state index contributed by atoms with van der Waals surface area (Å²) in [6, 6.07) is 9.21. The first kappa shape index (κ1) is 13.2. The largest absolute Gasteiger partial charge is 0.383 e. The Labute approximate surface area is 120 Å². The molecule has 0 aliphatic heterocycles. The second kappa shape index (κ2) is 4.37. The summed E-state index contributed by atoms with van der Waals surface area (Å²) >= 11 is 0. The van der Waals surface area contributed by atoms with Gasteiger partial charge in [-0.3, -0.25) is 0 Å². The second-order valence-corrected chi connectivity index (χ2v) is 6.82. The molecule has 3 heteroatoms. The molecule has 2 N–H and O–H groups in total. The van der Waals surface area contributed by atoms with E-state index in [2.05, 4.69) is 54.6 Å². The van der Waals surface area contributed by atoms with Crippen molar-refractivity contribution in [3.8, 4) is 11.3 Å². The Kier molecular flexibility index (Phi) is 2.89. The number of imidazole rings is 1. The Balaban J connectivity index is 1.99. The number of rotatable bonds is 2. The normalized spacial score (nSPS) is 15.6. The van der Waals surface area contributed by atoms with Crippen LogP contribution < -0.4 is 5.73 Å². The molecule has 0 atom stereocenters. The number of aryl methyl sites for hydroxylation is 1. The second-order valence-electron chi connectivity index (χ2n) is 6.82. The number of benzene rings is 1. The van der Waals surface area contributed by atoms with Crippen molar-refractivity contribution in [1.82, 2.24) is 9.55 Å². The molecule has 0 bridgehead atoms. The highest BCUT2D eigenvalue weighted by Crippen LogP contribution is 2.40. The van der Waals surface area contributed by atoms with Crippen LogP contribution in [0.5, 0.6) is 0 Å². The number of nitrogen functional groups attached to an aromatic ring is 1. The lowest BCUT2D eigenvalue weighted by molar-refractivity contribution is 0.590. The summed E-state index contributed by atoms with van der Waals surface area (Å²) < 4.78 is 2.19. The highest BCUT2D eigenvalue weighted by atomic mass is 15.2. The van der Waals surface area contributed by atoms with Crippen molar-refractivity contribution in [2.75, 3.05) is 5.73 Å². The van der Waals surface area contributed by atoms with Gasteiger partial charge in [-0.05, 0) is 30.7 Å². The zero-order valence-electron chi connectivity index (χ0n) is 12.8. The van der Waals surface area contributed by atoms with E-state index in [9.17, 15) is 0 Å². The van der Waals surface area contributed by atoms with Gasteiger partial charge in [-0.25, -0.2) is 4.98 Å². The number of hydrogen-bond donors (Lipinski definition) is 1. The first-order valence-corrected chi connectivity index (χ1v) is 7.33. The summed E-state index contributed by atoms with van der Waals surface area (Å²) in [6.07, 6.45) is 2.45. The Morgan fingerprint density at radius 2 is 1.75 bits per heavy atom. The van der Waals surface area contributed by atoms with Gasteiger partial charge in [0.1, 0.15) is 17.3 Å². The molecule has 0 saturated heterocycles. The molecule has 1 aromatic carbocycles. The number of anilines is 1. The molecule has 1 fully saturated rings. The lowest BCUT2D eigenvalue weighted by atomic mass is 9.86. The molecule has 106 valence electrons. The zero-order chi connectivity index (χ0) is 14.5. The van der Waals surface area contributed by atoms with Crippen molar-refractivity contribution in [3.05, 3.63) is 35.7 Å². The number of nitrogens with two attached hydrogens (primary N) is 1. The smallest absolute Gasteiger partial charge is 0.131 e. The van der Waals surface area contributed by atoms with E-state index in [-0.39, 0.29) is 5.41 Å². The molecule has 1 aliphatic rings. The molecule has 3 rings (SSSR count). The van der Waals surface area contributed by atoms with Crippen LogP contribution in [0.3, 0.4) is 0 Å². The van der Waals surface area contributed by atoms with E-state index in [4.69, 9.17) is 5.73 Å². The van der Waals surface area contributed by atoms with Crippen molar-refractivity contribution in [2.45, 2.75) is 52.0 Å². The van der Waals surface area contributed by atoms with E-state index in [0.717, 1.165) is 22.9 Å². The predicted octanol–water partition coefficient (Wildman–Crippen LogP) is 4.07. The van der Waals surface area contributed by atoms with E-state index >= 15 is 0 Å². The summed E-state index contributed by atoms with van der Waals surface area (Å²) in [4.78, 5) is 4.67. The summed E-state index contributed by atoms with van der Waals surface area (Å²) in [5.74, 6) is 1.84. The van der Waals surface area contributed by atoms with Crippen LogP contribution in [-0.2, 0) is 5.41 Å². The molecule has 1 aromatic heterocycles. The number of aromatic nitrogens is 2. The van der Waals surface area contributed by atoms with Gasteiger partial charge < -0.3 is 10.3 Å². The molecular weight excluding hydrogens is 246 g/mol. The molecule has 1 heterocycles. The number of nitrogens with zero attached hydrogens (tertiary/aromatic N) is 2. The molecule has 0 unspecified atom stereocenters. The lowest BCUT2D eigenvalue weighted by Gasteiger charge is -2.19.